The highest BCUT2D eigenvalue weighted by atomic mass is 16.7. The second kappa shape index (κ2) is 9.17. The van der Waals surface area contributed by atoms with Crippen LogP contribution in [-0.4, -0.2) is 44.0 Å². The highest BCUT2D eigenvalue weighted by Crippen LogP contribution is 1.96. The molecular weight excluding hydrogens is 244 g/mol. The number of hydrogen-bond donors (Lipinski definition) is 0. The molecule has 0 spiro atoms. The Bertz CT molecular complexity index is 311. The molecule has 1 atom stereocenters. The lowest BCUT2D eigenvalue weighted by molar-refractivity contribution is -0.173. The van der Waals surface area contributed by atoms with E-state index >= 15 is 0 Å². The molecule has 0 aromatic heterocycles. The van der Waals surface area contributed by atoms with Crippen LogP contribution in [0.5, 0.6) is 0 Å². The summed E-state index contributed by atoms with van der Waals surface area (Å²) in [7, 11) is 0. The van der Waals surface area contributed by atoms with Gasteiger partial charge in [-0.25, -0.2) is 14.4 Å². The molecule has 0 radical (unpaired) electrons. The van der Waals surface area contributed by atoms with Crippen molar-refractivity contribution >= 4 is 17.9 Å². The molecule has 0 aliphatic rings. The second-order valence-electron chi connectivity index (χ2n) is 3.02. The first kappa shape index (κ1) is 16.1. The third-order valence-corrected chi connectivity index (χ3v) is 1.63. The van der Waals surface area contributed by atoms with E-state index in [0.29, 0.717) is 6.61 Å². The van der Waals surface area contributed by atoms with Crippen LogP contribution in [0.15, 0.2) is 12.7 Å². The minimum atomic E-state index is -1.12. The van der Waals surface area contributed by atoms with Crippen LogP contribution in [0, 0.1) is 0 Å². The Morgan fingerprint density at radius 3 is 2.50 bits per heavy atom. The van der Waals surface area contributed by atoms with E-state index in [1.165, 1.54) is 6.92 Å². The first-order valence-electron chi connectivity index (χ1n) is 5.24. The van der Waals surface area contributed by atoms with Crippen LogP contribution in [0.4, 0.5) is 0 Å². The van der Waals surface area contributed by atoms with Crippen LogP contribution >= 0.6 is 0 Å². The van der Waals surface area contributed by atoms with Crippen molar-refractivity contribution in [3.63, 3.8) is 0 Å². The number of carbonyl (C=O) groups is 3. The van der Waals surface area contributed by atoms with E-state index in [2.05, 4.69) is 20.8 Å². The van der Waals surface area contributed by atoms with Gasteiger partial charge in [0.25, 0.3) is 0 Å². The normalized spacial score (nSPS) is 11.2. The minimum absolute atomic E-state index is 0.201. The third kappa shape index (κ3) is 7.39. The summed E-state index contributed by atoms with van der Waals surface area (Å²) >= 11 is 0. The van der Waals surface area contributed by atoms with Crippen molar-refractivity contribution < 1.29 is 33.3 Å². The van der Waals surface area contributed by atoms with E-state index in [9.17, 15) is 14.4 Å². The Kier molecular flexibility index (Phi) is 8.21. The predicted molar refractivity (Wildman–Crippen MR) is 59.3 cm³/mol. The molecule has 0 aliphatic carbocycles. The topological polar surface area (TPSA) is 88.1 Å². The summed E-state index contributed by atoms with van der Waals surface area (Å²) in [6, 6.07) is 0. The molecule has 0 aromatic rings. The zero-order valence-electron chi connectivity index (χ0n) is 10.3. The van der Waals surface area contributed by atoms with E-state index in [1.807, 2.05) is 0 Å². The lowest BCUT2D eigenvalue weighted by atomic mass is 10.4. The Morgan fingerprint density at radius 1 is 1.28 bits per heavy atom. The molecule has 18 heavy (non-hydrogen) atoms. The molecule has 7 nitrogen and oxygen atoms in total. The first-order chi connectivity index (χ1) is 8.51. The summed E-state index contributed by atoms with van der Waals surface area (Å²) in [5, 5.41) is 0. The van der Waals surface area contributed by atoms with Gasteiger partial charge in [-0.1, -0.05) is 6.58 Å². The van der Waals surface area contributed by atoms with Crippen LogP contribution in [-0.2, 0) is 33.3 Å². The van der Waals surface area contributed by atoms with Gasteiger partial charge in [-0.2, -0.15) is 0 Å². The molecule has 0 aromatic carbocycles. The summed E-state index contributed by atoms with van der Waals surface area (Å²) in [6.45, 7) is 5.86. The van der Waals surface area contributed by atoms with Crippen molar-refractivity contribution in [3.05, 3.63) is 12.7 Å². The quantitative estimate of drug-likeness (QED) is 0.202. The molecule has 0 fully saturated rings. The van der Waals surface area contributed by atoms with Gasteiger partial charge < -0.3 is 18.9 Å². The first-order valence-corrected chi connectivity index (χ1v) is 5.24. The fraction of sp³-hybridized carbons (Fsp3) is 0.545. The standard InChI is InChI=1S/C11H16O7/c1-4-9(12)18-8(3)11(14)16-6-10(13)17-7-15-5-2/h4,8H,1,5-7H2,2-3H3. The monoisotopic (exact) mass is 260 g/mol. The Morgan fingerprint density at radius 2 is 1.94 bits per heavy atom. The summed E-state index contributed by atoms with van der Waals surface area (Å²) in [4.78, 5) is 33.1. The predicted octanol–water partition coefficient (Wildman–Crippen LogP) is 0.184. The van der Waals surface area contributed by atoms with Crippen molar-refractivity contribution in [1.82, 2.24) is 0 Å². The average Bonchev–Trinajstić information content (AvgIpc) is 2.35. The molecule has 0 rings (SSSR count). The number of carbonyl (C=O) groups excluding carboxylic acids is 3. The molecule has 102 valence electrons. The summed E-state index contributed by atoms with van der Waals surface area (Å²) in [5.41, 5.74) is 0. The molecule has 7 heteroatoms. The van der Waals surface area contributed by atoms with Crippen LogP contribution in [0.3, 0.4) is 0 Å². The van der Waals surface area contributed by atoms with Gasteiger partial charge in [0.15, 0.2) is 19.5 Å². The van der Waals surface area contributed by atoms with Gasteiger partial charge in [-0.15, -0.1) is 0 Å². The van der Waals surface area contributed by atoms with Crippen molar-refractivity contribution in [2.24, 2.45) is 0 Å². The van der Waals surface area contributed by atoms with Crippen molar-refractivity contribution in [3.8, 4) is 0 Å². The van der Waals surface area contributed by atoms with E-state index < -0.39 is 30.6 Å². The van der Waals surface area contributed by atoms with E-state index in [0.717, 1.165) is 6.08 Å². The van der Waals surface area contributed by atoms with Gasteiger partial charge in [0.05, 0.1) is 0 Å². The third-order valence-electron chi connectivity index (χ3n) is 1.63. The summed E-state index contributed by atoms with van der Waals surface area (Å²) in [5.74, 6) is -2.35. The van der Waals surface area contributed by atoms with Gasteiger partial charge in [-0.05, 0) is 13.8 Å². The van der Waals surface area contributed by atoms with Crippen LogP contribution in [0.25, 0.3) is 0 Å². The van der Waals surface area contributed by atoms with Crippen molar-refractivity contribution in [1.29, 1.82) is 0 Å². The summed E-state index contributed by atoms with van der Waals surface area (Å²) < 4.78 is 18.5. The highest BCUT2D eigenvalue weighted by molar-refractivity contribution is 5.85. The van der Waals surface area contributed by atoms with Gasteiger partial charge >= 0.3 is 17.9 Å². The average molecular weight is 260 g/mol. The molecule has 1 unspecified atom stereocenters. The van der Waals surface area contributed by atoms with E-state index in [1.54, 1.807) is 6.92 Å². The molecule has 0 heterocycles. The van der Waals surface area contributed by atoms with Gasteiger partial charge in [0.2, 0.25) is 0 Å². The maximum atomic E-state index is 11.3. The van der Waals surface area contributed by atoms with E-state index in [4.69, 9.17) is 4.74 Å². The number of ether oxygens (including phenoxy) is 4. The smallest absolute Gasteiger partial charge is 0.347 e. The fourth-order valence-electron chi connectivity index (χ4n) is 0.750. The molecule has 0 saturated carbocycles. The SMILES string of the molecule is C=CC(=O)OC(C)C(=O)OCC(=O)OCOCC. The maximum absolute atomic E-state index is 11.3. The Labute approximate surface area is 105 Å². The fourth-order valence-corrected chi connectivity index (χ4v) is 0.750. The zero-order valence-corrected chi connectivity index (χ0v) is 10.3. The maximum Gasteiger partial charge on any atom is 0.347 e. The number of esters is 3. The van der Waals surface area contributed by atoms with Gasteiger partial charge in [0.1, 0.15) is 0 Å². The molecule has 0 bridgehead atoms. The lowest BCUT2D eigenvalue weighted by Gasteiger charge is -2.11. The summed E-state index contributed by atoms with van der Waals surface area (Å²) in [6.07, 6.45) is -0.199. The molecular formula is C11H16O7. The van der Waals surface area contributed by atoms with Crippen LogP contribution in [0.2, 0.25) is 0 Å². The Hall–Kier alpha value is -1.89. The molecule has 0 amide bonds. The largest absolute Gasteiger partial charge is 0.451 e. The Balaban J connectivity index is 3.84. The highest BCUT2D eigenvalue weighted by Gasteiger charge is 2.19. The molecule has 0 N–H and O–H groups in total. The molecule has 0 aliphatic heterocycles. The van der Waals surface area contributed by atoms with Gasteiger partial charge in [0, 0.05) is 12.7 Å². The second-order valence-corrected chi connectivity index (χ2v) is 3.02. The van der Waals surface area contributed by atoms with Gasteiger partial charge in [-0.3, -0.25) is 0 Å². The van der Waals surface area contributed by atoms with Crippen LogP contribution in [0.1, 0.15) is 13.8 Å². The number of hydrogen-bond acceptors (Lipinski definition) is 7. The van der Waals surface area contributed by atoms with Crippen LogP contribution < -0.4 is 0 Å². The van der Waals surface area contributed by atoms with Crippen molar-refractivity contribution in [2.45, 2.75) is 20.0 Å². The lowest BCUT2D eigenvalue weighted by Crippen LogP contribution is -2.28. The zero-order chi connectivity index (χ0) is 14.0. The van der Waals surface area contributed by atoms with E-state index in [-0.39, 0.29) is 6.79 Å². The minimum Gasteiger partial charge on any atom is -0.451 e. The molecule has 0 saturated heterocycles. The number of rotatable bonds is 8. The van der Waals surface area contributed by atoms with Crippen molar-refractivity contribution in [2.75, 3.05) is 20.0 Å².